The zero-order chi connectivity index (χ0) is 11.8. The standard InChI is InChI=1S/C12H16N3PS/c16-14-7-5-9(6-8-14)15-11-4-2-1-3-10(11)13-12(15)17/h1-4,9H,5-8,16H2,(H,13,17). The Labute approximate surface area is 108 Å². The first kappa shape index (κ1) is 11.4. The zero-order valence-electron chi connectivity index (χ0n) is 9.60. The minimum atomic E-state index is 0.537. The topological polar surface area (TPSA) is 24.0 Å². The third-order valence-electron chi connectivity index (χ3n) is 3.49. The first-order valence-corrected chi connectivity index (χ1v) is 6.87. The second kappa shape index (κ2) is 4.52. The molecule has 0 bridgehead atoms. The first-order valence-electron chi connectivity index (χ1n) is 5.94. The van der Waals surface area contributed by atoms with E-state index in [1.54, 1.807) is 0 Å². The Hall–Kier alpha value is -0.700. The Morgan fingerprint density at radius 1 is 1.24 bits per heavy atom. The van der Waals surface area contributed by atoms with Crippen LogP contribution in [0.3, 0.4) is 0 Å². The summed E-state index contributed by atoms with van der Waals surface area (Å²) in [6.45, 7) is 2.24. The molecule has 3 nitrogen and oxygen atoms in total. The van der Waals surface area contributed by atoms with Crippen LogP contribution >= 0.6 is 21.6 Å². The van der Waals surface area contributed by atoms with Gasteiger partial charge in [0.15, 0.2) is 4.77 Å². The van der Waals surface area contributed by atoms with Crippen LogP contribution in [0.2, 0.25) is 0 Å². The van der Waals surface area contributed by atoms with Crippen LogP contribution in [-0.4, -0.2) is 27.3 Å². The molecule has 3 rings (SSSR count). The molecule has 1 aliphatic rings. The average molecular weight is 265 g/mol. The molecule has 0 radical (unpaired) electrons. The summed E-state index contributed by atoms with van der Waals surface area (Å²) in [7, 11) is 2.79. The van der Waals surface area contributed by atoms with Gasteiger partial charge in [-0.05, 0) is 37.2 Å². The molecule has 17 heavy (non-hydrogen) atoms. The molecular formula is C12H16N3PS. The predicted molar refractivity (Wildman–Crippen MR) is 76.7 cm³/mol. The number of H-pyrrole nitrogens is 1. The highest BCUT2D eigenvalue weighted by atomic mass is 32.1. The Balaban J connectivity index is 2.05. The molecule has 1 aliphatic heterocycles. The monoisotopic (exact) mass is 265 g/mol. The van der Waals surface area contributed by atoms with E-state index in [2.05, 4.69) is 41.8 Å². The summed E-state index contributed by atoms with van der Waals surface area (Å²) >= 11 is 5.45. The van der Waals surface area contributed by atoms with E-state index in [1.165, 1.54) is 18.4 Å². The van der Waals surface area contributed by atoms with Crippen molar-refractivity contribution in [3.8, 4) is 0 Å². The normalized spacial score (nSPS) is 18.9. The van der Waals surface area contributed by atoms with Crippen molar-refractivity contribution in [2.75, 3.05) is 13.1 Å². The number of hydrogen-bond acceptors (Lipinski definition) is 2. The quantitative estimate of drug-likeness (QED) is 0.632. The zero-order valence-corrected chi connectivity index (χ0v) is 11.6. The van der Waals surface area contributed by atoms with Gasteiger partial charge in [0.25, 0.3) is 0 Å². The van der Waals surface area contributed by atoms with Crippen molar-refractivity contribution >= 4 is 32.6 Å². The van der Waals surface area contributed by atoms with Crippen LogP contribution in [0.4, 0.5) is 0 Å². The van der Waals surface area contributed by atoms with E-state index in [-0.39, 0.29) is 0 Å². The SMILES string of the molecule is PN1CCC(n2c(=S)[nH]c3ccccc32)CC1. The Morgan fingerprint density at radius 3 is 2.71 bits per heavy atom. The highest BCUT2D eigenvalue weighted by Gasteiger charge is 2.20. The number of fused-ring (bicyclic) bond motifs is 1. The van der Waals surface area contributed by atoms with Gasteiger partial charge >= 0.3 is 0 Å². The van der Waals surface area contributed by atoms with Gasteiger partial charge < -0.3 is 9.55 Å². The number of imidazole rings is 1. The van der Waals surface area contributed by atoms with E-state index < -0.39 is 0 Å². The third-order valence-corrected chi connectivity index (χ3v) is 4.30. The molecule has 0 aliphatic carbocycles. The molecule has 0 spiro atoms. The number of rotatable bonds is 1. The molecule has 1 unspecified atom stereocenters. The lowest BCUT2D eigenvalue weighted by Crippen LogP contribution is -2.27. The largest absolute Gasteiger partial charge is 0.331 e. The first-order chi connectivity index (χ1) is 8.25. The van der Waals surface area contributed by atoms with Crippen LogP contribution in [0.5, 0.6) is 0 Å². The van der Waals surface area contributed by atoms with Gasteiger partial charge in [-0.2, -0.15) is 0 Å². The number of piperidine rings is 1. The predicted octanol–water partition coefficient (Wildman–Crippen LogP) is 3.13. The van der Waals surface area contributed by atoms with Crippen molar-refractivity contribution in [1.82, 2.24) is 14.2 Å². The lowest BCUT2D eigenvalue weighted by molar-refractivity contribution is 0.292. The third kappa shape index (κ3) is 2.05. The Bertz CT molecular complexity index is 581. The molecule has 1 aromatic heterocycles. The van der Waals surface area contributed by atoms with Crippen LogP contribution in [0.25, 0.3) is 11.0 Å². The summed E-state index contributed by atoms with van der Waals surface area (Å²) in [5.41, 5.74) is 2.38. The van der Waals surface area contributed by atoms with Gasteiger partial charge in [-0.3, -0.25) is 4.67 Å². The van der Waals surface area contributed by atoms with Crippen LogP contribution in [0.1, 0.15) is 18.9 Å². The van der Waals surface area contributed by atoms with Crippen LogP contribution in [-0.2, 0) is 0 Å². The molecule has 0 saturated carbocycles. The molecular weight excluding hydrogens is 249 g/mol. The maximum absolute atomic E-state index is 5.45. The summed E-state index contributed by atoms with van der Waals surface area (Å²) in [4.78, 5) is 3.29. The van der Waals surface area contributed by atoms with E-state index >= 15 is 0 Å². The smallest absolute Gasteiger partial charge is 0.178 e. The lowest BCUT2D eigenvalue weighted by Gasteiger charge is -2.29. The van der Waals surface area contributed by atoms with E-state index in [4.69, 9.17) is 12.2 Å². The van der Waals surface area contributed by atoms with Crippen LogP contribution < -0.4 is 0 Å². The fourth-order valence-corrected chi connectivity index (χ4v) is 3.24. The molecule has 1 aromatic carbocycles. The van der Waals surface area contributed by atoms with E-state index in [0.717, 1.165) is 23.4 Å². The summed E-state index contributed by atoms with van der Waals surface area (Å²) in [5, 5.41) is 0. The van der Waals surface area contributed by atoms with Crippen molar-refractivity contribution in [3.05, 3.63) is 29.0 Å². The number of hydrogen-bond donors (Lipinski definition) is 1. The highest BCUT2D eigenvalue weighted by Crippen LogP contribution is 2.28. The van der Waals surface area contributed by atoms with Gasteiger partial charge in [0.1, 0.15) is 0 Å². The Kier molecular flexibility index (Phi) is 3.03. The minimum absolute atomic E-state index is 0.537. The van der Waals surface area contributed by atoms with E-state index in [9.17, 15) is 0 Å². The number of aromatic amines is 1. The van der Waals surface area contributed by atoms with Crippen molar-refractivity contribution in [1.29, 1.82) is 0 Å². The van der Waals surface area contributed by atoms with Gasteiger partial charge in [-0.15, -0.1) is 0 Å². The van der Waals surface area contributed by atoms with Crippen LogP contribution in [0.15, 0.2) is 24.3 Å². The number of nitrogens with zero attached hydrogens (tertiary/aromatic N) is 2. The number of nitrogens with one attached hydrogen (secondary N) is 1. The summed E-state index contributed by atoms with van der Waals surface area (Å²) < 4.78 is 5.45. The fourth-order valence-electron chi connectivity index (χ4n) is 2.58. The number of aromatic nitrogens is 2. The second-order valence-electron chi connectivity index (χ2n) is 4.58. The second-order valence-corrected chi connectivity index (χ2v) is 5.70. The van der Waals surface area contributed by atoms with Crippen molar-refractivity contribution in [2.45, 2.75) is 18.9 Å². The maximum atomic E-state index is 5.45. The van der Waals surface area contributed by atoms with Crippen molar-refractivity contribution in [3.63, 3.8) is 0 Å². The summed E-state index contributed by atoms with van der Waals surface area (Å²) in [5.74, 6) is 0. The van der Waals surface area contributed by atoms with Crippen molar-refractivity contribution < 1.29 is 0 Å². The average Bonchev–Trinajstić information content (AvgIpc) is 2.66. The molecule has 2 heterocycles. The molecule has 90 valence electrons. The molecule has 1 saturated heterocycles. The maximum Gasteiger partial charge on any atom is 0.178 e. The molecule has 2 aromatic rings. The van der Waals surface area contributed by atoms with E-state index in [1.807, 2.05) is 6.07 Å². The molecule has 5 heteroatoms. The number of para-hydroxylation sites is 2. The molecule has 1 N–H and O–H groups in total. The highest BCUT2D eigenvalue weighted by molar-refractivity contribution is 7.71. The van der Waals surface area contributed by atoms with Gasteiger partial charge in [-0.25, -0.2) is 0 Å². The Morgan fingerprint density at radius 2 is 1.94 bits per heavy atom. The van der Waals surface area contributed by atoms with Gasteiger partial charge in [0.05, 0.1) is 11.0 Å². The summed E-state index contributed by atoms with van der Waals surface area (Å²) in [6, 6.07) is 8.90. The van der Waals surface area contributed by atoms with Gasteiger partial charge in [0, 0.05) is 19.1 Å². The van der Waals surface area contributed by atoms with Crippen LogP contribution in [0, 0.1) is 4.77 Å². The summed E-state index contributed by atoms with van der Waals surface area (Å²) in [6.07, 6.45) is 2.33. The number of benzene rings is 1. The molecule has 0 amide bonds. The molecule has 1 atom stereocenters. The minimum Gasteiger partial charge on any atom is -0.331 e. The van der Waals surface area contributed by atoms with E-state index in [0.29, 0.717) is 6.04 Å². The van der Waals surface area contributed by atoms with Gasteiger partial charge in [0.2, 0.25) is 0 Å². The fraction of sp³-hybridized carbons (Fsp3) is 0.417. The van der Waals surface area contributed by atoms with Gasteiger partial charge in [-0.1, -0.05) is 21.5 Å². The molecule has 1 fully saturated rings. The lowest BCUT2D eigenvalue weighted by atomic mass is 10.1. The van der Waals surface area contributed by atoms with Crippen molar-refractivity contribution in [2.24, 2.45) is 0 Å².